The van der Waals surface area contributed by atoms with Crippen molar-refractivity contribution >= 4 is 23.1 Å². The van der Waals surface area contributed by atoms with Crippen LogP contribution in [0.2, 0.25) is 0 Å². The topological polar surface area (TPSA) is 106 Å². The van der Waals surface area contributed by atoms with Crippen molar-refractivity contribution < 1.29 is 18.8 Å². The van der Waals surface area contributed by atoms with Crippen LogP contribution in [-0.4, -0.2) is 31.1 Å². The number of oxazole rings is 1. The Morgan fingerprint density at radius 1 is 1.50 bits per heavy atom. The lowest BCUT2D eigenvalue weighted by Gasteiger charge is -1.92. The Morgan fingerprint density at radius 2 is 2.36 bits per heavy atom. The molecule has 0 radical (unpaired) electrons. The Morgan fingerprint density at radius 3 is 3.18 bits per heavy atom. The molecule has 9 heteroatoms. The van der Waals surface area contributed by atoms with E-state index in [0.717, 1.165) is 6.08 Å². The van der Waals surface area contributed by atoms with Crippen molar-refractivity contribution in [3.8, 4) is 0 Å². The second-order valence-corrected chi connectivity index (χ2v) is 4.37. The van der Waals surface area contributed by atoms with Crippen LogP contribution >= 0.6 is 0 Å². The molecule has 2 N–H and O–H groups in total. The highest BCUT2D eigenvalue weighted by molar-refractivity contribution is 5.90. The zero-order valence-electron chi connectivity index (χ0n) is 11.1. The van der Waals surface area contributed by atoms with Gasteiger partial charge in [-0.1, -0.05) is 5.21 Å². The van der Waals surface area contributed by atoms with E-state index in [2.05, 4.69) is 15.3 Å². The van der Waals surface area contributed by atoms with Gasteiger partial charge in [0.1, 0.15) is 23.6 Å². The van der Waals surface area contributed by atoms with Crippen LogP contribution < -0.4 is 5.48 Å². The van der Waals surface area contributed by atoms with Crippen LogP contribution in [0.1, 0.15) is 11.6 Å². The van der Waals surface area contributed by atoms with Gasteiger partial charge in [0.25, 0.3) is 5.91 Å². The molecule has 0 atom stereocenters. The number of hydrogen-bond donors (Lipinski definition) is 2. The van der Waals surface area contributed by atoms with E-state index in [-0.39, 0.29) is 12.4 Å². The molecule has 1 aromatic carbocycles. The Kier molecular flexibility index (Phi) is 3.62. The first-order valence-corrected chi connectivity index (χ1v) is 6.21. The Labute approximate surface area is 122 Å². The lowest BCUT2D eigenvalue weighted by atomic mass is 10.3. The molecule has 0 unspecified atom stereocenters. The third-order valence-electron chi connectivity index (χ3n) is 2.76. The normalized spacial score (nSPS) is 11.4. The van der Waals surface area contributed by atoms with Gasteiger partial charge in [-0.05, 0) is 18.2 Å². The summed E-state index contributed by atoms with van der Waals surface area (Å²) in [5.41, 5.74) is 2.80. The number of nitrogens with one attached hydrogen (secondary N) is 1. The van der Waals surface area contributed by atoms with Crippen LogP contribution in [0.5, 0.6) is 0 Å². The minimum absolute atomic E-state index is 0.212. The molecule has 0 saturated carbocycles. The van der Waals surface area contributed by atoms with E-state index in [1.165, 1.54) is 34.4 Å². The van der Waals surface area contributed by atoms with E-state index in [0.29, 0.717) is 22.7 Å². The van der Waals surface area contributed by atoms with Crippen molar-refractivity contribution in [3.05, 3.63) is 47.9 Å². The van der Waals surface area contributed by atoms with Crippen LogP contribution in [0, 0.1) is 5.82 Å². The lowest BCUT2D eigenvalue weighted by molar-refractivity contribution is -0.124. The smallest absolute Gasteiger partial charge is 0.267 e. The SMILES string of the molecule is O=C(C=Cc1cn(Cc2nc3cc(F)ccc3o2)nn1)NO. The molecule has 0 bridgehead atoms. The summed E-state index contributed by atoms with van der Waals surface area (Å²) in [5, 5.41) is 16.0. The number of halogens is 1. The molecule has 2 heterocycles. The van der Waals surface area contributed by atoms with E-state index in [1.54, 1.807) is 6.20 Å². The van der Waals surface area contributed by atoms with E-state index >= 15 is 0 Å². The molecule has 0 aliphatic carbocycles. The van der Waals surface area contributed by atoms with Gasteiger partial charge < -0.3 is 4.42 Å². The minimum Gasteiger partial charge on any atom is -0.439 e. The number of rotatable bonds is 4. The van der Waals surface area contributed by atoms with Gasteiger partial charge in [0, 0.05) is 12.1 Å². The molecule has 0 fully saturated rings. The summed E-state index contributed by atoms with van der Waals surface area (Å²) in [6.07, 6.45) is 4.06. The standard InChI is InChI=1S/C13H10FN5O3/c14-8-1-3-11-10(5-8)15-13(22-11)7-19-6-9(16-18-19)2-4-12(20)17-21/h1-6,21H,7H2,(H,17,20). The average Bonchev–Trinajstić information content (AvgIpc) is 3.10. The molecule has 0 spiro atoms. The fourth-order valence-electron chi connectivity index (χ4n) is 1.82. The number of hydrogen-bond acceptors (Lipinski definition) is 6. The molecule has 112 valence electrons. The first-order chi connectivity index (χ1) is 10.6. The fraction of sp³-hybridized carbons (Fsp3) is 0.0769. The van der Waals surface area contributed by atoms with Gasteiger partial charge in [-0.2, -0.15) is 0 Å². The summed E-state index contributed by atoms with van der Waals surface area (Å²) >= 11 is 0. The molecular formula is C13H10FN5O3. The summed E-state index contributed by atoms with van der Waals surface area (Å²) in [6, 6.07) is 4.08. The summed E-state index contributed by atoms with van der Waals surface area (Å²) in [6.45, 7) is 0.212. The van der Waals surface area contributed by atoms with Gasteiger partial charge in [0.2, 0.25) is 5.89 Å². The first-order valence-electron chi connectivity index (χ1n) is 6.21. The molecule has 0 saturated heterocycles. The van der Waals surface area contributed by atoms with Gasteiger partial charge in [-0.25, -0.2) is 19.5 Å². The van der Waals surface area contributed by atoms with Crippen molar-refractivity contribution in [1.29, 1.82) is 0 Å². The van der Waals surface area contributed by atoms with Crippen molar-refractivity contribution in [2.45, 2.75) is 6.54 Å². The maximum Gasteiger partial charge on any atom is 0.267 e. The van der Waals surface area contributed by atoms with Gasteiger partial charge >= 0.3 is 0 Å². The Balaban J connectivity index is 1.76. The molecule has 0 aliphatic rings. The fourth-order valence-corrected chi connectivity index (χ4v) is 1.82. The number of carbonyl (C=O) groups is 1. The van der Waals surface area contributed by atoms with Crippen LogP contribution in [0.15, 0.2) is 34.9 Å². The van der Waals surface area contributed by atoms with Gasteiger partial charge in [-0.3, -0.25) is 10.0 Å². The highest BCUT2D eigenvalue weighted by Gasteiger charge is 2.08. The summed E-state index contributed by atoms with van der Waals surface area (Å²) < 4.78 is 20.0. The molecular weight excluding hydrogens is 293 g/mol. The zero-order chi connectivity index (χ0) is 15.5. The quantitative estimate of drug-likeness (QED) is 0.425. The molecule has 1 amide bonds. The first kappa shape index (κ1) is 13.9. The van der Waals surface area contributed by atoms with Crippen molar-refractivity contribution in [2.24, 2.45) is 0 Å². The molecule has 3 rings (SSSR count). The monoisotopic (exact) mass is 303 g/mol. The molecule has 2 aromatic heterocycles. The maximum atomic E-state index is 13.1. The average molecular weight is 303 g/mol. The number of fused-ring (bicyclic) bond motifs is 1. The van der Waals surface area contributed by atoms with Crippen LogP contribution in [0.25, 0.3) is 17.2 Å². The van der Waals surface area contributed by atoms with E-state index in [1.807, 2.05) is 0 Å². The lowest BCUT2D eigenvalue weighted by Crippen LogP contribution is -2.14. The second kappa shape index (κ2) is 5.74. The van der Waals surface area contributed by atoms with Gasteiger partial charge in [0.15, 0.2) is 5.58 Å². The summed E-state index contributed by atoms with van der Waals surface area (Å²) in [5.74, 6) is -0.702. The highest BCUT2D eigenvalue weighted by Crippen LogP contribution is 2.17. The third kappa shape index (κ3) is 2.99. The van der Waals surface area contributed by atoms with Crippen molar-refractivity contribution in [3.63, 3.8) is 0 Å². The van der Waals surface area contributed by atoms with Crippen molar-refractivity contribution in [1.82, 2.24) is 25.5 Å². The summed E-state index contributed by atoms with van der Waals surface area (Å²) in [4.78, 5) is 15.0. The number of benzene rings is 1. The van der Waals surface area contributed by atoms with E-state index < -0.39 is 5.91 Å². The number of aromatic nitrogens is 4. The minimum atomic E-state index is -0.671. The predicted molar refractivity (Wildman–Crippen MR) is 72.1 cm³/mol. The van der Waals surface area contributed by atoms with Gasteiger partial charge in [0.05, 0.1) is 6.20 Å². The summed E-state index contributed by atoms with van der Waals surface area (Å²) in [7, 11) is 0. The molecule has 22 heavy (non-hydrogen) atoms. The largest absolute Gasteiger partial charge is 0.439 e. The molecule has 8 nitrogen and oxygen atoms in total. The highest BCUT2D eigenvalue weighted by atomic mass is 19.1. The third-order valence-corrected chi connectivity index (χ3v) is 2.76. The molecule has 3 aromatic rings. The zero-order valence-corrected chi connectivity index (χ0v) is 11.1. The van der Waals surface area contributed by atoms with E-state index in [9.17, 15) is 9.18 Å². The van der Waals surface area contributed by atoms with Crippen LogP contribution in [0.4, 0.5) is 4.39 Å². The van der Waals surface area contributed by atoms with Crippen LogP contribution in [0.3, 0.4) is 0 Å². The second-order valence-electron chi connectivity index (χ2n) is 4.37. The number of hydroxylamine groups is 1. The van der Waals surface area contributed by atoms with Gasteiger partial charge in [-0.15, -0.1) is 5.10 Å². The van der Waals surface area contributed by atoms with E-state index in [4.69, 9.17) is 9.62 Å². The predicted octanol–water partition coefficient (Wildman–Crippen LogP) is 1.13. The Hall–Kier alpha value is -3.07. The number of carbonyl (C=O) groups excluding carboxylic acids is 1. The van der Waals surface area contributed by atoms with Crippen LogP contribution in [-0.2, 0) is 11.3 Å². The molecule has 0 aliphatic heterocycles. The van der Waals surface area contributed by atoms with Crippen molar-refractivity contribution in [2.75, 3.05) is 0 Å². The number of amides is 1. The number of nitrogens with zero attached hydrogens (tertiary/aromatic N) is 4. The maximum absolute atomic E-state index is 13.1. The Bertz CT molecular complexity index is 854.